The molecule has 0 aliphatic rings. The van der Waals surface area contributed by atoms with Crippen molar-refractivity contribution in [3.8, 4) is 0 Å². The molecule has 2 atom stereocenters. The molecular weight excluding hydrogens is 631 g/mol. The van der Waals surface area contributed by atoms with Crippen molar-refractivity contribution in [3.05, 3.63) is 12.2 Å². The highest BCUT2D eigenvalue weighted by molar-refractivity contribution is 7.85. The maximum Gasteiger partial charge on any atom is 0.266 e. The van der Waals surface area contributed by atoms with Crippen molar-refractivity contribution >= 4 is 16.0 Å². The predicted octanol–water partition coefficient (Wildman–Crippen LogP) is 12.6. The summed E-state index contributed by atoms with van der Waals surface area (Å²) in [6.45, 7) is 4.52. The van der Waals surface area contributed by atoms with Gasteiger partial charge in [0.15, 0.2) is 0 Å². The standard InChI is InChI=1S/C42H83NO5S/c1-3-5-7-9-11-13-15-17-19-20-21-22-23-24-25-27-29-31-33-35-37-41(44)40(39-49(46,47)48)43-42(45)38-36-34-32-30-28-26-18-16-14-12-10-8-6-4-2/h16,18,40-41,44H,3-15,17,19-39H2,1-2H3,(H,43,45)(H,46,47,48)/b18-16-. The molecule has 0 heterocycles. The molecule has 0 aliphatic heterocycles. The van der Waals surface area contributed by atoms with Gasteiger partial charge in [0.05, 0.1) is 17.9 Å². The molecule has 0 aromatic carbocycles. The van der Waals surface area contributed by atoms with Crippen molar-refractivity contribution in [1.82, 2.24) is 5.32 Å². The third-order valence-electron chi connectivity index (χ3n) is 9.97. The lowest BCUT2D eigenvalue weighted by molar-refractivity contribution is -0.122. The van der Waals surface area contributed by atoms with Crippen LogP contribution in [0.15, 0.2) is 12.2 Å². The summed E-state index contributed by atoms with van der Waals surface area (Å²) in [4.78, 5) is 12.5. The summed E-state index contributed by atoms with van der Waals surface area (Å²) in [5.74, 6) is -0.899. The first-order valence-corrected chi connectivity index (χ1v) is 23.0. The van der Waals surface area contributed by atoms with Gasteiger partial charge in [0.1, 0.15) is 0 Å². The van der Waals surface area contributed by atoms with E-state index in [2.05, 4.69) is 31.3 Å². The largest absolute Gasteiger partial charge is 0.391 e. The zero-order valence-electron chi connectivity index (χ0n) is 32.6. The lowest BCUT2D eigenvalue weighted by Gasteiger charge is -2.23. The van der Waals surface area contributed by atoms with Crippen molar-refractivity contribution in [2.45, 2.75) is 244 Å². The van der Waals surface area contributed by atoms with Crippen molar-refractivity contribution in [1.29, 1.82) is 0 Å². The average Bonchev–Trinajstić information content (AvgIpc) is 3.06. The quantitative estimate of drug-likeness (QED) is 0.0334. The lowest BCUT2D eigenvalue weighted by atomic mass is 10.0. The van der Waals surface area contributed by atoms with Crippen LogP contribution in [0.4, 0.5) is 0 Å². The Kier molecular flexibility index (Phi) is 36.2. The topological polar surface area (TPSA) is 104 Å². The summed E-state index contributed by atoms with van der Waals surface area (Å²) >= 11 is 0. The molecule has 6 nitrogen and oxygen atoms in total. The number of carbonyl (C=O) groups is 1. The zero-order valence-corrected chi connectivity index (χ0v) is 33.4. The van der Waals surface area contributed by atoms with E-state index in [1.807, 2.05) is 0 Å². The Balaban J connectivity index is 3.81. The second-order valence-corrected chi connectivity index (χ2v) is 16.5. The normalized spacial score (nSPS) is 13.3. The molecule has 0 saturated carbocycles. The molecular formula is C42H83NO5S. The van der Waals surface area contributed by atoms with E-state index < -0.39 is 28.0 Å². The number of allylic oxidation sites excluding steroid dienone is 2. The van der Waals surface area contributed by atoms with Crippen LogP contribution in [0, 0.1) is 0 Å². The number of unbranched alkanes of at least 4 members (excludes halogenated alkanes) is 29. The number of rotatable bonds is 39. The van der Waals surface area contributed by atoms with E-state index in [-0.39, 0.29) is 5.91 Å². The van der Waals surface area contributed by atoms with Gasteiger partial charge in [-0.25, -0.2) is 0 Å². The second-order valence-electron chi connectivity index (χ2n) is 15.0. The van der Waals surface area contributed by atoms with Crippen LogP contribution in [-0.2, 0) is 14.9 Å². The lowest BCUT2D eigenvalue weighted by Crippen LogP contribution is -2.47. The van der Waals surface area contributed by atoms with Crippen LogP contribution in [0.3, 0.4) is 0 Å². The third-order valence-corrected chi connectivity index (χ3v) is 10.8. The number of hydrogen-bond donors (Lipinski definition) is 3. The molecule has 0 bridgehead atoms. The fraction of sp³-hybridized carbons (Fsp3) is 0.929. The maximum absolute atomic E-state index is 12.5. The van der Waals surface area contributed by atoms with Crippen LogP contribution in [0.25, 0.3) is 0 Å². The summed E-state index contributed by atoms with van der Waals surface area (Å²) in [6.07, 6.45) is 44.5. The van der Waals surface area contributed by atoms with E-state index in [1.165, 1.54) is 154 Å². The molecule has 0 rings (SSSR count). The molecule has 292 valence electrons. The molecule has 2 unspecified atom stereocenters. The summed E-state index contributed by atoms with van der Waals surface area (Å²) in [6, 6.07) is -0.971. The van der Waals surface area contributed by atoms with E-state index >= 15 is 0 Å². The molecule has 3 N–H and O–H groups in total. The van der Waals surface area contributed by atoms with Gasteiger partial charge in [-0.1, -0.05) is 199 Å². The first-order chi connectivity index (χ1) is 23.8. The Morgan fingerprint density at radius 3 is 1.22 bits per heavy atom. The van der Waals surface area contributed by atoms with Crippen molar-refractivity contribution in [2.24, 2.45) is 0 Å². The molecule has 7 heteroatoms. The molecule has 1 amide bonds. The molecule has 0 aromatic rings. The summed E-state index contributed by atoms with van der Waals surface area (Å²) in [5, 5.41) is 13.4. The van der Waals surface area contributed by atoms with Crippen molar-refractivity contribution in [2.75, 3.05) is 5.75 Å². The van der Waals surface area contributed by atoms with Crippen LogP contribution in [0.5, 0.6) is 0 Å². The van der Waals surface area contributed by atoms with E-state index in [0.717, 1.165) is 51.4 Å². The smallest absolute Gasteiger partial charge is 0.266 e. The molecule has 0 aliphatic carbocycles. The number of carbonyl (C=O) groups excluding carboxylic acids is 1. The van der Waals surface area contributed by atoms with Gasteiger partial charge in [0.25, 0.3) is 10.1 Å². The van der Waals surface area contributed by atoms with Gasteiger partial charge in [-0.2, -0.15) is 8.42 Å². The van der Waals surface area contributed by atoms with Crippen LogP contribution in [-0.4, -0.2) is 41.9 Å². The molecule has 0 saturated heterocycles. The zero-order chi connectivity index (χ0) is 36.1. The Hall–Kier alpha value is -0.920. The fourth-order valence-corrected chi connectivity index (χ4v) is 7.50. The summed E-state index contributed by atoms with van der Waals surface area (Å²) < 4.78 is 32.5. The highest BCUT2D eigenvalue weighted by Crippen LogP contribution is 2.16. The van der Waals surface area contributed by atoms with Gasteiger partial charge in [-0.3, -0.25) is 9.35 Å². The fourth-order valence-electron chi connectivity index (χ4n) is 6.74. The van der Waals surface area contributed by atoms with Gasteiger partial charge in [-0.15, -0.1) is 0 Å². The third kappa shape index (κ3) is 38.1. The van der Waals surface area contributed by atoms with Gasteiger partial charge >= 0.3 is 0 Å². The second kappa shape index (κ2) is 36.9. The van der Waals surface area contributed by atoms with Gasteiger partial charge in [-0.05, 0) is 38.5 Å². The van der Waals surface area contributed by atoms with Crippen LogP contribution in [0.1, 0.15) is 232 Å². The van der Waals surface area contributed by atoms with E-state index in [0.29, 0.717) is 12.8 Å². The van der Waals surface area contributed by atoms with Crippen molar-refractivity contribution < 1.29 is 22.9 Å². The monoisotopic (exact) mass is 714 g/mol. The van der Waals surface area contributed by atoms with E-state index in [4.69, 9.17) is 0 Å². The SMILES string of the molecule is CCCCCCC/C=C\CCCCCCCC(=O)NC(CS(=O)(=O)O)C(O)CCCCCCCCCCCCCCCCCCCCCC. The van der Waals surface area contributed by atoms with Crippen LogP contribution >= 0.6 is 0 Å². The number of aliphatic hydroxyl groups is 1. The number of amides is 1. The Morgan fingerprint density at radius 2 is 0.857 bits per heavy atom. The summed E-state index contributed by atoms with van der Waals surface area (Å²) in [5.41, 5.74) is 0. The highest BCUT2D eigenvalue weighted by atomic mass is 32.2. The Bertz CT molecular complexity index is 831. The van der Waals surface area contributed by atoms with Crippen LogP contribution in [0.2, 0.25) is 0 Å². The Labute approximate surface area is 305 Å². The first kappa shape index (κ1) is 48.1. The average molecular weight is 714 g/mol. The van der Waals surface area contributed by atoms with Gasteiger partial charge in [0, 0.05) is 6.42 Å². The van der Waals surface area contributed by atoms with Gasteiger partial charge in [0.2, 0.25) is 5.91 Å². The van der Waals surface area contributed by atoms with Crippen molar-refractivity contribution in [3.63, 3.8) is 0 Å². The molecule has 0 fully saturated rings. The number of nitrogens with one attached hydrogen (secondary N) is 1. The van der Waals surface area contributed by atoms with E-state index in [1.54, 1.807) is 0 Å². The molecule has 49 heavy (non-hydrogen) atoms. The minimum Gasteiger partial charge on any atom is -0.391 e. The maximum atomic E-state index is 12.5. The highest BCUT2D eigenvalue weighted by Gasteiger charge is 2.26. The number of hydrogen-bond acceptors (Lipinski definition) is 4. The predicted molar refractivity (Wildman–Crippen MR) is 212 cm³/mol. The van der Waals surface area contributed by atoms with Crippen LogP contribution < -0.4 is 5.32 Å². The van der Waals surface area contributed by atoms with Gasteiger partial charge < -0.3 is 10.4 Å². The van der Waals surface area contributed by atoms with E-state index in [9.17, 15) is 22.9 Å². The first-order valence-electron chi connectivity index (χ1n) is 21.4. The Morgan fingerprint density at radius 1 is 0.531 bits per heavy atom. The molecule has 0 radical (unpaired) electrons. The molecule has 0 spiro atoms. The number of aliphatic hydroxyl groups excluding tert-OH is 1. The molecule has 0 aromatic heterocycles. The minimum absolute atomic E-state index is 0.252. The minimum atomic E-state index is -4.31. The summed E-state index contributed by atoms with van der Waals surface area (Å²) in [7, 11) is -4.31.